The van der Waals surface area contributed by atoms with Crippen molar-refractivity contribution in [2.75, 3.05) is 6.54 Å². The molecule has 0 saturated heterocycles. The fraction of sp³-hybridized carbons (Fsp3) is 1.00. The van der Waals surface area contributed by atoms with Gasteiger partial charge >= 0.3 is 18.0 Å². The maximum atomic E-state index is 12.4. The van der Waals surface area contributed by atoms with E-state index in [9.17, 15) is 30.7 Å². The minimum atomic E-state index is -6.36. The lowest BCUT2D eigenvalue weighted by Crippen LogP contribution is -2.62. The molecule has 4 N–H and O–H groups in total. The van der Waals surface area contributed by atoms with Crippen molar-refractivity contribution in [3.8, 4) is 0 Å². The molecule has 0 aliphatic rings. The first-order valence-electron chi connectivity index (χ1n) is 3.26. The van der Waals surface area contributed by atoms with Crippen LogP contribution in [0.5, 0.6) is 0 Å². The topological polar surface area (TPSA) is 52.0 Å². The third-order valence-electron chi connectivity index (χ3n) is 1.49. The first kappa shape index (κ1) is 13.4. The first-order chi connectivity index (χ1) is 5.98. The maximum Gasteiger partial charge on any atom is 0.459 e. The third kappa shape index (κ3) is 1.92. The van der Waals surface area contributed by atoms with E-state index in [2.05, 4.69) is 11.5 Å². The minimum absolute atomic E-state index is 1.18. The lowest BCUT2D eigenvalue weighted by atomic mass is 10.0. The van der Waals surface area contributed by atoms with E-state index in [1.54, 1.807) is 0 Å². The number of nitrogens with two attached hydrogens (primary N) is 2. The number of alkyl halides is 7. The highest BCUT2D eigenvalue weighted by Gasteiger charge is 2.74. The predicted molar refractivity (Wildman–Crippen MR) is 33.0 cm³/mol. The molecule has 0 aromatic rings. The van der Waals surface area contributed by atoms with Crippen molar-refractivity contribution in [3.05, 3.63) is 0 Å². The number of rotatable bonds is 3. The summed E-state index contributed by atoms with van der Waals surface area (Å²) >= 11 is 0. The van der Waals surface area contributed by atoms with E-state index < -0.39 is 30.6 Å². The standard InChI is InChI=1S/C5H7F7N2/c6-3(7,2(14)1-13)4(8,9)5(10,11)12/h2H,1,13-14H2/t2-/m0/s1. The van der Waals surface area contributed by atoms with Gasteiger partial charge in [0.05, 0.1) is 6.04 Å². The summed E-state index contributed by atoms with van der Waals surface area (Å²) in [5.74, 6) is -11.6. The summed E-state index contributed by atoms with van der Waals surface area (Å²) in [5.41, 5.74) is 8.87. The van der Waals surface area contributed by atoms with Gasteiger partial charge in [0.15, 0.2) is 0 Å². The molecular formula is C5H7F7N2. The molecule has 0 aliphatic carbocycles. The van der Waals surface area contributed by atoms with Gasteiger partial charge in [-0.2, -0.15) is 30.7 Å². The Kier molecular flexibility index (Phi) is 3.39. The molecule has 0 aromatic carbocycles. The largest absolute Gasteiger partial charge is 0.459 e. The summed E-state index contributed by atoms with van der Waals surface area (Å²) in [6.07, 6.45) is -6.36. The van der Waals surface area contributed by atoms with Gasteiger partial charge in [0.1, 0.15) is 0 Å². The molecule has 0 radical (unpaired) electrons. The van der Waals surface area contributed by atoms with Gasteiger partial charge in [-0.3, -0.25) is 0 Å². The van der Waals surface area contributed by atoms with Crippen LogP contribution in [0.1, 0.15) is 0 Å². The Balaban J connectivity index is 5.07. The van der Waals surface area contributed by atoms with Gasteiger partial charge < -0.3 is 11.5 Å². The Morgan fingerprint density at radius 3 is 1.50 bits per heavy atom. The monoisotopic (exact) mass is 228 g/mol. The van der Waals surface area contributed by atoms with Crippen LogP contribution in [-0.4, -0.2) is 30.6 Å². The summed E-state index contributed by atoms with van der Waals surface area (Å²) in [6.45, 7) is -1.18. The fourth-order valence-corrected chi connectivity index (χ4v) is 0.570. The smallest absolute Gasteiger partial charge is 0.329 e. The number of halogens is 7. The summed E-state index contributed by atoms with van der Waals surface area (Å²) in [4.78, 5) is 0. The molecule has 0 amide bonds. The van der Waals surface area contributed by atoms with Gasteiger partial charge in [0.25, 0.3) is 0 Å². The van der Waals surface area contributed by atoms with Crippen molar-refractivity contribution in [1.82, 2.24) is 0 Å². The molecule has 1 atom stereocenters. The molecule has 9 heteroatoms. The van der Waals surface area contributed by atoms with E-state index in [1.807, 2.05) is 0 Å². The van der Waals surface area contributed by atoms with Crippen LogP contribution < -0.4 is 11.5 Å². The second-order valence-corrected chi connectivity index (χ2v) is 2.54. The predicted octanol–water partition coefficient (Wildman–Crippen LogP) is 1.11. The van der Waals surface area contributed by atoms with Crippen molar-refractivity contribution in [3.63, 3.8) is 0 Å². The van der Waals surface area contributed by atoms with Crippen LogP contribution in [0.15, 0.2) is 0 Å². The SMILES string of the molecule is NC[C@H](N)C(F)(F)C(F)(F)C(F)(F)F. The highest BCUT2D eigenvalue weighted by atomic mass is 19.4. The van der Waals surface area contributed by atoms with Crippen LogP contribution in [0, 0.1) is 0 Å². The highest BCUT2D eigenvalue weighted by Crippen LogP contribution is 2.47. The average molecular weight is 228 g/mol. The molecule has 0 aliphatic heterocycles. The minimum Gasteiger partial charge on any atom is -0.329 e. The zero-order valence-corrected chi connectivity index (χ0v) is 6.58. The van der Waals surface area contributed by atoms with E-state index in [-0.39, 0.29) is 0 Å². The zero-order valence-electron chi connectivity index (χ0n) is 6.58. The van der Waals surface area contributed by atoms with Gasteiger partial charge in [-0.25, -0.2) is 0 Å². The third-order valence-corrected chi connectivity index (χ3v) is 1.49. The van der Waals surface area contributed by atoms with E-state index in [0.29, 0.717) is 0 Å². The van der Waals surface area contributed by atoms with Crippen LogP contribution in [0.3, 0.4) is 0 Å². The van der Waals surface area contributed by atoms with Crippen molar-refractivity contribution < 1.29 is 30.7 Å². The summed E-state index contributed by atoms with van der Waals surface area (Å²) < 4.78 is 83.6. The van der Waals surface area contributed by atoms with Gasteiger partial charge in [0, 0.05) is 6.54 Å². The van der Waals surface area contributed by atoms with Crippen molar-refractivity contribution in [1.29, 1.82) is 0 Å². The Labute approximate surface area is 74.0 Å². The molecular weight excluding hydrogens is 221 g/mol. The van der Waals surface area contributed by atoms with Crippen molar-refractivity contribution in [2.24, 2.45) is 11.5 Å². The van der Waals surface area contributed by atoms with E-state index >= 15 is 0 Å². The summed E-state index contributed by atoms with van der Waals surface area (Å²) in [5, 5.41) is 0. The van der Waals surface area contributed by atoms with Crippen LogP contribution >= 0.6 is 0 Å². The lowest BCUT2D eigenvalue weighted by Gasteiger charge is -2.31. The molecule has 86 valence electrons. The van der Waals surface area contributed by atoms with E-state index in [4.69, 9.17) is 0 Å². The molecule has 0 fully saturated rings. The van der Waals surface area contributed by atoms with Crippen molar-refractivity contribution >= 4 is 0 Å². The van der Waals surface area contributed by atoms with E-state index in [0.717, 1.165) is 0 Å². The molecule has 0 spiro atoms. The first-order valence-corrected chi connectivity index (χ1v) is 3.26. The quantitative estimate of drug-likeness (QED) is 0.711. The van der Waals surface area contributed by atoms with Gasteiger partial charge in [-0.05, 0) is 0 Å². The number of hydrogen-bond donors (Lipinski definition) is 2. The fourth-order valence-electron chi connectivity index (χ4n) is 0.570. The Hall–Kier alpha value is -0.570. The normalized spacial score (nSPS) is 16.9. The Morgan fingerprint density at radius 2 is 1.29 bits per heavy atom. The van der Waals surface area contributed by atoms with E-state index in [1.165, 1.54) is 0 Å². The van der Waals surface area contributed by atoms with Crippen LogP contribution in [0.25, 0.3) is 0 Å². The Morgan fingerprint density at radius 1 is 0.929 bits per heavy atom. The molecule has 2 nitrogen and oxygen atoms in total. The van der Waals surface area contributed by atoms with Crippen molar-refractivity contribution in [2.45, 2.75) is 24.1 Å². The average Bonchev–Trinajstić information content (AvgIpc) is 2.00. The summed E-state index contributed by atoms with van der Waals surface area (Å²) in [6, 6.07) is -2.75. The molecule has 0 saturated carbocycles. The van der Waals surface area contributed by atoms with Crippen LogP contribution in [0.4, 0.5) is 30.7 Å². The zero-order chi connectivity index (χ0) is 11.8. The summed E-state index contributed by atoms with van der Waals surface area (Å²) in [7, 11) is 0. The van der Waals surface area contributed by atoms with Gasteiger partial charge in [-0.1, -0.05) is 0 Å². The highest BCUT2D eigenvalue weighted by molar-refractivity contribution is 4.97. The lowest BCUT2D eigenvalue weighted by molar-refractivity contribution is -0.357. The van der Waals surface area contributed by atoms with Crippen LogP contribution in [-0.2, 0) is 0 Å². The molecule has 0 aromatic heterocycles. The maximum absolute atomic E-state index is 12.4. The number of hydrogen-bond acceptors (Lipinski definition) is 2. The second kappa shape index (κ2) is 3.54. The molecule has 0 heterocycles. The Bertz CT molecular complexity index is 199. The second-order valence-electron chi connectivity index (χ2n) is 2.54. The van der Waals surface area contributed by atoms with Gasteiger partial charge in [-0.15, -0.1) is 0 Å². The molecule has 0 bridgehead atoms. The molecule has 14 heavy (non-hydrogen) atoms. The van der Waals surface area contributed by atoms with Crippen LogP contribution in [0.2, 0.25) is 0 Å². The molecule has 0 rings (SSSR count). The molecule has 0 unspecified atom stereocenters. The van der Waals surface area contributed by atoms with Gasteiger partial charge in [0.2, 0.25) is 0 Å².